The van der Waals surface area contributed by atoms with Crippen LogP contribution in [0.1, 0.15) is 41.6 Å². The highest BCUT2D eigenvalue weighted by Gasteiger charge is 2.33. The number of thioether (sulfide) groups is 1. The van der Waals surface area contributed by atoms with Crippen molar-refractivity contribution >= 4 is 46.7 Å². The number of carbonyl (C=O) groups is 2. The summed E-state index contributed by atoms with van der Waals surface area (Å²) in [5.41, 5.74) is -1.49. The van der Waals surface area contributed by atoms with Gasteiger partial charge in [-0.15, -0.1) is 0 Å². The summed E-state index contributed by atoms with van der Waals surface area (Å²) in [6.07, 6.45) is 8.26. The Labute approximate surface area is 264 Å². The highest BCUT2D eigenvalue weighted by atomic mass is 32.2. The van der Waals surface area contributed by atoms with Crippen molar-refractivity contribution in [1.82, 2.24) is 19.5 Å². The SMILES string of the molecule is COc1cc2ccc1NC/C=C\c1cc3c(cccn3c1SC(F)(F)F)NC1CCN(CC1)C(=O)N1CC[C@H](CCNC2=O)C1. The zero-order chi connectivity index (χ0) is 31.6. The molecule has 0 saturated carbocycles. The normalized spacial score (nSPS) is 22.1. The molecule has 1 atom stereocenters. The molecule has 1 aromatic carbocycles. The molecule has 6 aliphatic rings. The number of piperidine rings is 1. The second-order valence-electron chi connectivity index (χ2n) is 11.7. The summed E-state index contributed by atoms with van der Waals surface area (Å²) >= 11 is -0.138. The molecule has 6 aliphatic heterocycles. The number of pyridine rings is 1. The van der Waals surface area contributed by atoms with Gasteiger partial charge in [-0.05, 0) is 68.0 Å². The Morgan fingerprint density at radius 1 is 0.956 bits per heavy atom. The minimum absolute atomic E-state index is 0.0465. The fraction of sp³-hybridized carbons (Fsp3) is 0.438. The van der Waals surface area contributed by atoms with E-state index in [-0.39, 0.29) is 34.8 Å². The number of hydrogen-bond donors (Lipinski definition) is 3. The van der Waals surface area contributed by atoms with Gasteiger partial charge < -0.3 is 34.9 Å². The number of halogens is 3. The van der Waals surface area contributed by atoms with E-state index in [2.05, 4.69) is 16.0 Å². The first-order chi connectivity index (χ1) is 21.7. The molecule has 3 N–H and O–H groups in total. The van der Waals surface area contributed by atoms with Crippen LogP contribution < -0.4 is 20.7 Å². The van der Waals surface area contributed by atoms with E-state index in [1.54, 1.807) is 53.1 Å². The number of nitrogens with zero attached hydrogens (tertiary/aromatic N) is 3. The van der Waals surface area contributed by atoms with Crippen LogP contribution >= 0.6 is 11.8 Å². The van der Waals surface area contributed by atoms with Crippen LogP contribution in [0.25, 0.3) is 11.6 Å². The number of ether oxygens (including phenoxy) is 1. The molecule has 13 heteroatoms. The Bertz CT molecular complexity index is 1580. The summed E-state index contributed by atoms with van der Waals surface area (Å²) in [5, 5.41) is 9.85. The zero-order valence-corrected chi connectivity index (χ0v) is 25.8. The molecule has 8 heterocycles. The topological polar surface area (TPSA) is 90.3 Å². The standard InChI is InChI=1S/C32H37F3N6O3S/c1-44-28-19-22-6-7-26(28)36-12-2-4-23-18-27-25(5-3-14-41(27)30(23)45-32(33,34)35)38-24-10-16-39(17-11-24)31(43)40-15-9-21(20-40)8-13-37-29(22)42/h2-7,14,18-19,21,24,36,38H,8-13,15-17,20H2,1H3,(H,37,42)/b4-2-/t21-/m0/s1. The van der Waals surface area contributed by atoms with Gasteiger partial charge in [0.2, 0.25) is 0 Å². The van der Waals surface area contributed by atoms with E-state index < -0.39 is 5.51 Å². The van der Waals surface area contributed by atoms with Gasteiger partial charge in [-0.2, -0.15) is 13.2 Å². The number of hydrogen-bond acceptors (Lipinski definition) is 6. The first-order valence-corrected chi connectivity index (χ1v) is 16.1. The number of urea groups is 1. The van der Waals surface area contributed by atoms with Gasteiger partial charge in [0.1, 0.15) is 5.75 Å². The van der Waals surface area contributed by atoms with Gasteiger partial charge in [-0.3, -0.25) is 4.79 Å². The lowest BCUT2D eigenvalue weighted by atomic mass is 10.0. The minimum Gasteiger partial charge on any atom is -0.495 e. The predicted molar refractivity (Wildman–Crippen MR) is 170 cm³/mol. The van der Waals surface area contributed by atoms with Gasteiger partial charge in [0.05, 0.1) is 29.0 Å². The van der Waals surface area contributed by atoms with Gasteiger partial charge >= 0.3 is 11.5 Å². The van der Waals surface area contributed by atoms with Crippen molar-refractivity contribution in [1.29, 1.82) is 0 Å². The van der Waals surface area contributed by atoms with Crippen molar-refractivity contribution in [3.05, 3.63) is 59.8 Å². The maximum absolute atomic E-state index is 13.7. The van der Waals surface area contributed by atoms with E-state index in [1.165, 1.54) is 7.11 Å². The number of alkyl halides is 3. The summed E-state index contributed by atoms with van der Waals surface area (Å²) in [6.45, 7) is 3.43. The maximum atomic E-state index is 13.7. The lowest BCUT2D eigenvalue weighted by Gasteiger charge is -2.35. The number of benzene rings is 1. The molecule has 2 aromatic heterocycles. The number of methoxy groups -OCH3 is 1. The van der Waals surface area contributed by atoms with Crippen molar-refractivity contribution < 1.29 is 27.5 Å². The smallest absolute Gasteiger partial charge is 0.447 e. The van der Waals surface area contributed by atoms with E-state index in [0.717, 1.165) is 31.4 Å². The van der Waals surface area contributed by atoms with Crippen molar-refractivity contribution in [3.63, 3.8) is 0 Å². The van der Waals surface area contributed by atoms with Gasteiger partial charge in [0, 0.05) is 74.4 Å². The Balaban J connectivity index is 1.29. The second kappa shape index (κ2) is 13.2. The summed E-state index contributed by atoms with van der Waals surface area (Å²) in [4.78, 5) is 30.0. The molecule has 2 saturated heterocycles. The van der Waals surface area contributed by atoms with E-state index >= 15 is 0 Å². The third-order valence-electron chi connectivity index (χ3n) is 8.69. The first kappa shape index (κ1) is 31.0. The largest absolute Gasteiger partial charge is 0.495 e. The number of amides is 3. The van der Waals surface area contributed by atoms with Crippen LogP contribution in [-0.2, 0) is 0 Å². The van der Waals surface area contributed by atoms with Crippen LogP contribution in [-0.4, -0.2) is 84.1 Å². The summed E-state index contributed by atoms with van der Waals surface area (Å²) < 4.78 is 48.1. The second-order valence-corrected chi connectivity index (χ2v) is 12.7. The Kier molecular flexibility index (Phi) is 9.06. The van der Waals surface area contributed by atoms with Crippen LogP contribution in [0.3, 0.4) is 0 Å². The quantitative estimate of drug-likeness (QED) is 0.291. The molecule has 0 unspecified atom stereocenters. The molecule has 9 nitrogen and oxygen atoms in total. The third kappa shape index (κ3) is 7.13. The Morgan fingerprint density at radius 2 is 1.76 bits per heavy atom. The highest BCUT2D eigenvalue weighted by Crippen LogP contribution is 2.41. The Morgan fingerprint density at radius 3 is 2.53 bits per heavy atom. The van der Waals surface area contributed by atoms with Crippen molar-refractivity contribution in [2.75, 3.05) is 57.0 Å². The van der Waals surface area contributed by atoms with Crippen LogP contribution in [0.2, 0.25) is 0 Å². The van der Waals surface area contributed by atoms with Gasteiger partial charge in [0.15, 0.2) is 0 Å². The van der Waals surface area contributed by atoms with Gasteiger partial charge in [-0.25, -0.2) is 4.79 Å². The van der Waals surface area contributed by atoms with Crippen LogP contribution in [0.5, 0.6) is 5.75 Å². The molecule has 8 bridgehead atoms. The fourth-order valence-corrected chi connectivity index (χ4v) is 7.08. The Hall–Kier alpha value is -4.00. The number of anilines is 2. The average Bonchev–Trinajstić information content (AvgIpc) is 3.63. The van der Waals surface area contributed by atoms with E-state index in [4.69, 9.17) is 4.74 Å². The molecule has 3 amide bonds. The summed E-state index contributed by atoms with van der Waals surface area (Å²) in [7, 11) is 1.52. The number of aromatic nitrogens is 1. The number of carbonyl (C=O) groups excluding carboxylic acids is 2. The van der Waals surface area contributed by atoms with Gasteiger partial charge in [0.25, 0.3) is 5.91 Å². The molecule has 0 aliphatic carbocycles. The molecule has 240 valence electrons. The molecule has 0 spiro atoms. The first-order valence-electron chi connectivity index (χ1n) is 15.3. The molecular formula is C32H37F3N6O3S. The van der Waals surface area contributed by atoms with Crippen LogP contribution in [0.15, 0.2) is 53.7 Å². The molecule has 0 radical (unpaired) electrons. The molecule has 2 fully saturated rings. The molecular weight excluding hydrogens is 605 g/mol. The van der Waals surface area contributed by atoms with Crippen molar-refractivity contribution in [2.24, 2.45) is 5.92 Å². The molecule has 9 rings (SSSR count). The maximum Gasteiger partial charge on any atom is 0.447 e. The van der Waals surface area contributed by atoms with Crippen LogP contribution in [0.4, 0.5) is 29.3 Å². The predicted octanol–water partition coefficient (Wildman–Crippen LogP) is 6.14. The number of rotatable bonds is 2. The number of nitrogens with one attached hydrogen (secondary N) is 3. The summed E-state index contributed by atoms with van der Waals surface area (Å²) in [5.74, 6) is 0.599. The van der Waals surface area contributed by atoms with E-state index in [1.807, 2.05) is 15.9 Å². The van der Waals surface area contributed by atoms with Crippen LogP contribution in [0, 0.1) is 5.92 Å². The average molecular weight is 643 g/mol. The van der Waals surface area contributed by atoms with Crippen molar-refractivity contribution in [2.45, 2.75) is 42.3 Å². The monoisotopic (exact) mass is 642 g/mol. The highest BCUT2D eigenvalue weighted by molar-refractivity contribution is 8.00. The lowest BCUT2D eigenvalue weighted by Crippen LogP contribution is -2.48. The van der Waals surface area contributed by atoms with E-state index in [9.17, 15) is 22.8 Å². The molecule has 45 heavy (non-hydrogen) atoms. The van der Waals surface area contributed by atoms with Gasteiger partial charge in [-0.1, -0.05) is 12.2 Å². The lowest BCUT2D eigenvalue weighted by molar-refractivity contribution is -0.0329. The third-order valence-corrected chi connectivity index (χ3v) is 9.55. The minimum atomic E-state index is -4.46. The fourth-order valence-electron chi connectivity index (χ4n) is 6.35. The van der Waals surface area contributed by atoms with E-state index in [0.29, 0.717) is 73.3 Å². The summed E-state index contributed by atoms with van der Waals surface area (Å²) in [6, 6.07) is 10.7. The molecule has 3 aromatic rings. The van der Waals surface area contributed by atoms with Crippen molar-refractivity contribution in [3.8, 4) is 5.75 Å². The zero-order valence-electron chi connectivity index (χ0n) is 25.0.